The molecule has 0 saturated carbocycles. The van der Waals surface area contributed by atoms with Gasteiger partial charge in [-0.2, -0.15) is 0 Å². The minimum Gasteiger partial charge on any atom is -0.441 e. The first-order chi connectivity index (χ1) is 5.81. The Kier molecular flexibility index (Phi) is 1.61. The van der Waals surface area contributed by atoms with Crippen molar-refractivity contribution in [2.75, 3.05) is 0 Å². The van der Waals surface area contributed by atoms with Gasteiger partial charge in [0.05, 0.1) is 0 Å². The van der Waals surface area contributed by atoms with Crippen LogP contribution in [0, 0.1) is 6.92 Å². The minimum absolute atomic E-state index is 0.742. The summed E-state index contributed by atoms with van der Waals surface area (Å²) in [6, 6.07) is 6.07. The van der Waals surface area contributed by atoms with Crippen molar-refractivity contribution in [3.05, 3.63) is 29.7 Å². The van der Waals surface area contributed by atoms with E-state index in [1.165, 1.54) is 5.56 Å². The Morgan fingerprint density at radius 3 is 3.00 bits per heavy atom. The summed E-state index contributed by atoms with van der Waals surface area (Å²) in [7, 11) is 0. The van der Waals surface area contributed by atoms with Gasteiger partial charge >= 0.3 is 0 Å². The molecule has 2 aromatic rings. The highest BCUT2D eigenvalue weighted by atomic mass is 16.3. The summed E-state index contributed by atoms with van der Waals surface area (Å²) in [5.41, 5.74) is 3.14. The number of aryl methyl sites for hydroxylation is 2. The Labute approximate surface area is 71.2 Å². The lowest BCUT2D eigenvalue weighted by atomic mass is 10.1. The molecule has 0 unspecified atom stereocenters. The minimum atomic E-state index is 0.742. The van der Waals surface area contributed by atoms with Gasteiger partial charge in [0.2, 0.25) is 0 Å². The second-order valence-corrected chi connectivity index (χ2v) is 2.85. The number of hydrogen-bond donors (Lipinski definition) is 0. The third-order valence-electron chi connectivity index (χ3n) is 1.98. The van der Waals surface area contributed by atoms with E-state index in [9.17, 15) is 0 Å². The van der Waals surface area contributed by atoms with Crippen molar-refractivity contribution in [1.29, 1.82) is 0 Å². The van der Waals surface area contributed by atoms with E-state index in [2.05, 4.69) is 18.0 Å². The zero-order valence-electron chi connectivity index (χ0n) is 7.29. The molecule has 0 bridgehead atoms. The predicted octanol–water partition coefficient (Wildman–Crippen LogP) is 2.70. The highest BCUT2D eigenvalue weighted by molar-refractivity contribution is 5.76. The average Bonchev–Trinajstić information content (AvgIpc) is 2.44. The van der Waals surface area contributed by atoms with Gasteiger partial charge in [0, 0.05) is 6.92 Å². The first-order valence-corrected chi connectivity index (χ1v) is 4.16. The molecular weight excluding hydrogens is 150 g/mol. The molecule has 62 valence electrons. The van der Waals surface area contributed by atoms with Crippen LogP contribution in [0.3, 0.4) is 0 Å². The molecule has 2 rings (SSSR count). The van der Waals surface area contributed by atoms with Gasteiger partial charge in [-0.05, 0) is 18.1 Å². The van der Waals surface area contributed by atoms with Crippen LogP contribution in [0.25, 0.3) is 11.1 Å². The largest absolute Gasteiger partial charge is 0.441 e. The fourth-order valence-electron chi connectivity index (χ4n) is 1.40. The monoisotopic (exact) mass is 161 g/mol. The molecule has 0 amide bonds. The van der Waals surface area contributed by atoms with Gasteiger partial charge in [-0.25, -0.2) is 4.98 Å². The van der Waals surface area contributed by atoms with Crippen LogP contribution in [0.2, 0.25) is 0 Å². The van der Waals surface area contributed by atoms with E-state index in [1.54, 1.807) is 0 Å². The van der Waals surface area contributed by atoms with E-state index in [1.807, 2.05) is 19.1 Å². The predicted molar refractivity (Wildman–Crippen MR) is 48.1 cm³/mol. The maximum atomic E-state index is 5.48. The smallest absolute Gasteiger partial charge is 0.192 e. The molecule has 2 heteroatoms. The molecule has 0 N–H and O–H groups in total. The van der Waals surface area contributed by atoms with Crippen LogP contribution in [0.15, 0.2) is 22.6 Å². The quantitative estimate of drug-likeness (QED) is 0.642. The number of benzene rings is 1. The number of nitrogens with zero attached hydrogens (tertiary/aromatic N) is 1. The zero-order valence-corrected chi connectivity index (χ0v) is 7.29. The van der Waals surface area contributed by atoms with E-state index >= 15 is 0 Å². The summed E-state index contributed by atoms with van der Waals surface area (Å²) >= 11 is 0. The molecule has 0 atom stereocenters. The molecule has 0 saturated heterocycles. The molecule has 0 aliphatic rings. The molecule has 12 heavy (non-hydrogen) atoms. The molecule has 0 fully saturated rings. The van der Waals surface area contributed by atoms with Crippen LogP contribution in [-0.2, 0) is 6.42 Å². The Bertz CT molecular complexity index is 403. The fraction of sp³-hybridized carbons (Fsp3) is 0.300. The van der Waals surface area contributed by atoms with Gasteiger partial charge < -0.3 is 4.42 Å². The normalized spacial score (nSPS) is 10.8. The molecule has 0 aliphatic carbocycles. The molecular formula is C10H11NO. The van der Waals surface area contributed by atoms with E-state index in [0.717, 1.165) is 23.4 Å². The summed E-state index contributed by atoms with van der Waals surface area (Å²) in [5.74, 6) is 0.742. The molecule has 0 aliphatic heterocycles. The Hall–Kier alpha value is -1.31. The highest BCUT2D eigenvalue weighted by Gasteiger charge is 2.04. The van der Waals surface area contributed by atoms with Crippen LogP contribution in [0.1, 0.15) is 18.4 Å². The standard InChI is InChI=1S/C10H11NO/c1-3-8-5-4-6-9-10(8)12-7(2)11-9/h4-6H,3H2,1-2H3. The Morgan fingerprint density at radius 2 is 2.25 bits per heavy atom. The van der Waals surface area contributed by atoms with Crippen molar-refractivity contribution in [3.63, 3.8) is 0 Å². The van der Waals surface area contributed by atoms with Crippen molar-refractivity contribution < 1.29 is 4.42 Å². The molecule has 1 aromatic heterocycles. The Morgan fingerprint density at radius 1 is 1.42 bits per heavy atom. The van der Waals surface area contributed by atoms with Crippen LogP contribution < -0.4 is 0 Å². The van der Waals surface area contributed by atoms with Crippen LogP contribution in [-0.4, -0.2) is 4.98 Å². The number of hydrogen-bond acceptors (Lipinski definition) is 2. The van der Waals surface area contributed by atoms with E-state index in [-0.39, 0.29) is 0 Å². The molecule has 2 nitrogen and oxygen atoms in total. The summed E-state index contributed by atoms with van der Waals surface area (Å²) in [6.07, 6.45) is 0.992. The summed E-state index contributed by atoms with van der Waals surface area (Å²) in [4.78, 5) is 4.26. The average molecular weight is 161 g/mol. The van der Waals surface area contributed by atoms with Crippen LogP contribution >= 0.6 is 0 Å². The van der Waals surface area contributed by atoms with Crippen LogP contribution in [0.4, 0.5) is 0 Å². The van der Waals surface area contributed by atoms with Gasteiger partial charge in [-0.1, -0.05) is 19.1 Å². The van der Waals surface area contributed by atoms with Gasteiger partial charge in [-0.15, -0.1) is 0 Å². The lowest BCUT2D eigenvalue weighted by Crippen LogP contribution is -1.79. The maximum Gasteiger partial charge on any atom is 0.192 e. The molecule has 0 radical (unpaired) electrons. The second kappa shape index (κ2) is 2.63. The van der Waals surface area contributed by atoms with Gasteiger partial charge in [0.25, 0.3) is 0 Å². The zero-order chi connectivity index (χ0) is 8.55. The van der Waals surface area contributed by atoms with Gasteiger partial charge in [-0.3, -0.25) is 0 Å². The van der Waals surface area contributed by atoms with Crippen molar-refractivity contribution in [2.24, 2.45) is 0 Å². The summed E-state index contributed by atoms with van der Waals surface area (Å²) in [6.45, 7) is 3.99. The van der Waals surface area contributed by atoms with E-state index in [4.69, 9.17) is 4.42 Å². The summed E-state index contributed by atoms with van der Waals surface area (Å²) < 4.78 is 5.48. The van der Waals surface area contributed by atoms with Gasteiger partial charge in [0.15, 0.2) is 11.5 Å². The maximum absolute atomic E-state index is 5.48. The van der Waals surface area contributed by atoms with Crippen molar-refractivity contribution in [3.8, 4) is 0 Å². The lowest BCUT2D eigenvalue weighted by molar-refractivity contribution is 0.558. The number of rotatable bonds is 1. The molecule has 1 aromatic carbocycles. The topological polar surface area (TPSA) is 26.0 Å². The molecule has 0 spiro atoms. The second-order valence-electron chi connectivity index (χ2n) is 2.85. The lowest BCUT2D eigenvalue weighted by Gasteiger charge is -1.94. The number of para-hydroxylation sites is 1. The van der Waals surface area contributed by atoms with Crippen molar-refractivity contribution in [1.82, 2.24) is 4.98 Å². The fourth-order valence-corrected chi connectivity index (χ4v) is 1.40. The Balaban J connectivity index is 2.78. The number of fused-ring (bicyclic) bond motifs is 1. The van der Waals surface area contributed by atoms with Crippen molar-refractivity contribution in [2.45, 2.75) is 20.3 Å². The first-order valence-electron chi connectivity index (χ1n) is 4.16. The van der Waals surface area contributed by atoms with E-state index in [0.29, 0.717) is 0 Å². The van der Waals surface area contributed by atoms with Gasteiger partial charge in [0.1, 0.15) is 5.52 Å². The number of aromatic nitrogens is 1. The summed E-state index contributed by atoms with van der Waals surface area (Å²) in [5, 5.41) is 0. The molecule has 1 heterocycles. The third-order valence-corrected chi connectivity index (χ3v) is 1.98. The van der Waals surface area contributed by atoms with E-state index < -0.39 is 0 Å². The van der Waals surface area contributed by atoms with Crippen LogP contribution in [0.5, 0.6) is 0 Å². The van der Waals surface area contributed by atoms with Crippen molar-refractivity contribution >= 4 is 11.1 Å². The third kappa shape index (κ3) is 0.998. The number of oxazole rings is 1. The SMILES string of the molecule is CCc1cccc2nc(C)oc12. The highest BCUT2D eigenvalue weighted by Crippen LogP contribution is 2.19. The first kappa shape index (κ1) is 7.35.